The van der Waals surface area contributed by atoms with E-state index in [9.17, 15) is 13.2 Å². The Kier molecular flexibility index (Phi) is 7.10. The first-order valence-corrected chi connectivity index (χ1v) is 10.6. The monoisotopic (exact) mass is 423 g/mol. The van der Waals surface area contributed by atoms with E-state index >= 15 is 0 Å². The summed E-state index contributed by atoms with van der Waals surface area (Å²) in [6, 6.07) is 4.89. The van der Waals surface area contributed by atoms with Gasteiger partial charge in [0.05, 0.1) is 14.2 Å². The zero-order chi connectivity index (χ0) is 21.9. The van der Waals surface area contributed by atoms with Gasteiger partial charge in [-0.25, -0.2) is 8.42 Å². The molecule has 0 bridgehead atoms. The number of nitrogens with zero attached hydrogens (tertiary/aromatic N) is 2. The molecule has 0 amide bonds. The number of hydrogen-bond acceptors (Lipinski definition) is 6. The lowest BCUT2D eigenvalue weighted by Crippen LogP contribution is -2.33. The summed E-state index contributed by atoms with van der Waals surface area (Å²) >= 11 is 0. The summed E-state index contributed by atoms with van der Waals surface area (Å²) < 4.78 is 39.9. The fourth-order valence-corrected chi connectivity index (χ4v) is 4.41. The first-order chi connectivity index (χ1) is 13.6. The SMILES string of the molecule is CNCCN(C)S(=O)(=O)c1cc(OC)c(-c2cc(C)c(=O)n(C)c2C)cc1OC. The number of benzene rings is 1. The van der Waals surface area contributed by atoms with Gasteiger partial charge in [0.2, 0.25) is 10.0 Å². The van der Waals surface area contributed by atoms with E-state index in [1.54, 1.807) is 37.7 Å². The first kappa shape index (κ1) is 22.9. The molecule has 0 saturated heterocycles. The van der Waals surface area contributed by atoms with E-state index in [0.29, 0.717) is 30.0 Å². The van der Waals surface area contributed by atoms with Gasteiger partial charge in [-0.2, -0.15) is 4.31 Å². The minimum absolute atomic E-state index is 0.0263. The van der Waals surface area contributed by atoms with Crippen molar-refractivity contribution in [3.8, 4) is 22.6 Å². The summed E-state index contributed by atoms with van der Waals surface area (Å²) in [5, 5.41) is 2.94. The lowest BCUT2D eigenvalue weighted by molar-refractivity contribution is 0.389. The highest BCUT2D eigenvalue weighted by molar-refractivity contribution is 7.89. The molecule has 0 spiro atoms. The molecule has 1 aromatic carbocycles. The summed E-state index contributed by atoms with van der Waals surface area (Å²) in [5.41, 5.74) is 2.66. The lowest BCUT2D eigenvalue weighted by atomic mass is 10.0. The molecule has 0 aliphatic heterocycles. The van der Waals surface area contributed by atoms with Gasteiger partial charge >= 0.3 is 0 Å². The van der Waals surface area contributed by atoms with E-state index in [0.717, 1.165) is 11.3 Å². The molecular weight excluding hydrogens is 394 g/mol. The van der Waals surface area contributed by atoms with E-state index in [1.807, 2.05) is 6.92 Å². The van der Waals surface area contributed by atoms with Crippen LogP contribution in [0.3, 0.4) is 0 Å². The van der Waals surface area contributed by atoms with E-state index in [2.05, 4.69) is 5.32 Å². The maximum absolute atomic E-state index is 13.1. The predicted molar refractivity (Wildman–Crippen MR) is 113 cm³/mol. The number of nitrogens with one attached hydrogen (secondary N) is 1. The third-order valence-electron chi connectivity index (χ3n) is 5.04. The van der Waals surface area contributed by atoms with Crippen LogP contribution in [0, 0.1) is 13.8 Å². The van der Waals surface area contributed by atoms with Gasteiger partial charge in [-0.15, -0.1) is 0 Å². The Labute approximate surface area is 172 Å². The first-order valence-electron chi connectivity index (χ1n) is 9.14. The summed E-state index contributed by atoms with van der Waals surface area (Å²) in [4.78, 5) is 12.2. The van der Waals surface area contributed by atoms with Gasteiger partial charge < -0.3 is 19.4 Å². The van der Waals surface area contributed by atoms with Crippen molar-refractivity contribution in [2.45, 2.75) is 18.7 Å². The van der Waals surface area contributed by atoms with Crippen LogP contribution in [0.5, 0.6) is 11.5 Å². The molecule has 1 N–H and O–H groups in total. The molecule has 0 atom stereocenters. The molecule has 2 aromatic rings. The smallest absolute Gasteiger partial charge is 0.253 e. The van der Waals surface area contributed by atoms with Crippen LogP contribution in [0.2, 0.25) is 0 Å². The molecule has 0 radical (unpaired) electrons. The highest BCUT2D eigenvalue weighted by atomic mass is 32.2. The van der Waals surface area contributed by atoms with Gasteiger partial charge in [-0.1, -0.05) is 0 Å². The highest BCUT2D eigenvalue weighted by Crippen LogP contribution is 2.40. The van der Waals surface area contributed by atoms with Gasteiger partial charge in [0, 0.05) is 55.6 Å². The van der Waals surface area contributed by atoms with E-state index in [-0.39, 0.29) is 16.2 Å². The second kappa shape index (κ2) is 8.98. The number of methoxy groups -OCH3 is 2. The summed E-state index contributed by atoms with van der Waals surface area (Å²) in [6.45, 7) is 4.40. The second-order valence-electron chi connectivity index (χ2n) is 6.82. The Balaban J connectivity index is 2.74. The van der Waals surface area contributed by atoms with Crippen molar-refractivity contribution < 1.29 is 17.9 Å². The zero-order valence-electron chi connectivity index (χ0n) is 18.0. The van der Waals surface area contributed by atoms with Crippen molar-refractivity contribution in [2.75, 3.05) is 41.4 Å². The number of sulfonamides is 1. The molecule has 0 unspecified atom stereocenters. The topological polar surface area (TPSA) is 89.9 Å². The van der Waals surface area contributed by atoms with Crippen molar-refractivity contribution in [3.63, 3.8) is 0 Å². The van der Waals surface area contributed by atoms with Gasteiger partial charge in [0.1, 0.15) is 16.4 Å². The standard InChI is InChI=1S/C20H29N3O5S/c1-13-10-15(14(2)23(5)20(13)24)16-11-18(28-7)19(12-17(16)27-6)29(25,26)22(4)9-8-21-3/h10-12,21H,8-9H2,1-7H3. The fourth-order valence-electron chi connectivity index (χ4n) is 3.09. The molecule has 0 fully saturated rings. The summed E-state index contributed by atoms with van der Waals surface area (Å²) in [7, 11) is 4.11. The number of pyridine rings is 1. The van der Waals surface area contributed by atoms with E-state index < -0.39 is 10.0 Å². The van der Waals surface area contributed by atoms with Crippen LogP contribution >= 0.6 is 0 Å². The normalized spacial score (nSPS) is 11.7. The van der Waals surface area contributed by atoms with Crippen LogP contribution < -0.4 is 20.3 Å². The molecule has 0 aliphatic carbocycles. The number of aryl methyl sites for hydroxylation is 1. The van der Waals surface area contributed by atoms with Crippen molar-refractivity contribution in [3.05, 3.63) is 39.8 Å². The van der Waals surface area contributed by atoms with Crippen LogP contribution in [0.4, 0.5) is 0 Å². The lowest BCUT2D eigenvalue weighted by Gasteiger charge is -2.21. The Morgan fingerprint density at radius 3 is 2.24 bits per heavy atom. The molecule has 160 valence electrons. The molecular formula is C20H29N3O5S. The Morgan fingerprint density at radius 2 is 1.69 bits per heavy atom. The maximum Gasteiger partial charge on any atom is 0.253 e. The fraction of sp³-hybridized carbons (Fsp3) is 0.450. The van der Waals surface area contributed by atoms with E-state index in [1.165, 1.54) is 31.6 Å². The molecule has 29 heavy (non-hydrogen) atoms. The third-order valence-corrected chi connectivity index (χ3v) is 6.91. The van der Waals surface area contributed by atoms with Crippen LogP contribution in [0.1, 0.15) is 11.3 Å². The minimum atomic E-state index is -3.79. The zero-order valence-corrected chi connectivity index (χ0v) is 18.8. The Morgan fingerprint density at radius 1 is 1.07 bits per heavy atom. The van der Waals surface area contributed by atoms with Crippen molar-refractivity contribution >= 4 is 10.0 Å². The minimum Gasteiger partial charge on any atom is -0.496 e. The highest BCUT2D eigenvalue weighted by Gasteiger charge is 2.27. The van der Waals surface area contributed by atoms with Crippen LogP contribution in [-0.2, 0) is 17.1 Å². The van der Waals surface area contributed by atoms with Crippen LogP contribution in [0.25, 0.3) is 11.1 Å². The predicted octanol–water partition coefficient (Wildman–Crippen LogP) is 1.53. The van der Waals surface area contributed by atoms with Gasteiger partial charge in [0.25, 0.3) is 5.56 Å². The number of likely N-dealkylation sites (N-methyl/N-ethyl adjacent to an activating group) is 2. The number of aromatic nitrogens is 1. The number of hydrogen-bond donors (Lipinski definition) is 1. The molecule has 1 aromatic heterocycles. The largest absolute Gasteiger partial charge is 0.496 e. The van der Waals surface area contributed by atoms with Crippen LogP contribution in [-0.4, -0.2) is 58.7 Å². The van der Waals surface area contributed by atoms with Crippen molar-refractivity contribution in [1.82, 2.24) is 14.2 Å². The van der Waals surface area contributed by atoms with Crippen LogP contribution in [0.15, 0.2) is 27.9 Å². The molecule has 9 heteroatoms. The average molecular weight is 424 g/mol. The van der Waals surface area contributed by atoms with Crippen molar-refractivity contribution in [2.24, 2.45) is 7.05 Å². The second-order valence-corrected chi connectivity index (χ2v) is 8.84. The molecule has 0 aliphatic rings. The van der Waals surface area contributed by atoms with Gasteiger partial charge in [-0.3, -0.25) is 4.79 Å². The third kappa shape index (κ3) is 4.31. The van der Waals surface area contributed by atoms with Crippen molar-refractivity contribution in [1.29, 1.82) is 0 Å². The molecule has 2 rings (SSSR count). The summed E-state index contributed by atoms with van der Waals surface area (Å²) in [5.74, 6) is 0.593. The van der Waals surface area contributed by atoms with E-state index in [4.69, 9.17) is 9.47 Å². The van der Waals surface area contributed by atoms with Gasteiger partial charge in [0.15, 0.2) is 0 Å². The average Bonchev–Trinajstić information content (AvgIpc) is 2.71. The molecule has 1 heterocycles. The number of ether oxygens (including phenoxy) is 2. The molecule has 8 nitrogen and oxygen atoms in total. The summed E-state index contributed by atoms with van der Waals surface area (Å²) in [6.07, 6.45) is 0. The Bertz CT molecular complexity index is 1060. The quantitative estimate of drug-likeness (QED) is 0.693. The number of rotatable bonds is 8. The maximum atomic E-state index is 13.1. The molecule has 0 saturated carbocycles. The van der Waals surface area contributed by atoms with Gasteiger partial charge in [-0.05, 0) is 33.0 Å². The Hall–Kier alpha value is -2.36.